The first-order valence-electron chi connectivity index (χ1n) is 14.2. The van der Waals surface area contributed by atoms with Gasteiger partial charge in [0.15, 0.2) is 5.82 Å². The van der Waals surface area contributed by atoms with Crippen molar-refractivity contribution in [3.63, 3.8) is 0 Å². The lowest BCUT2D eigenvalue weighted by Crippen LogP contribution is -2.43. The highest BCUT2D eigenvalue weighted by Gasteiger charge is 2.47. The molecule has 2 aromatic carbocycles. The van der Waals surface area contributed by atoms with E-state index in [2.05, 4.69) is 10.3 Å². The predicted octanol–water partition coefficient (Wildman–Crippen LogP) is 5.72. The fourth-order valence-electron chi connectivity index (χ4n) is 5.43. The number of amides is 1. The van der Waals surface area contributed by atoms with Gasteiger partial charge in [0.1, 0.15) is 28.4 Å². The number of nitrogens with zero attached hydrogens (tertiary/aromatic N) is 2. The number of pyridine rings is 2. The van der Waals surface area contributed by atoms with E-state index < -0.39 is 28.7 Å². The van der Waals surface area contributed by atoms with Gasteiger partial charge in [-0.2, -0.15) is 0 Å². The highest BCUT2D eigenvalue weighted by Crippen LogP contribution is 2.46. The lowest BCUT2D eigenvalue weighted by molar-refractivity contribution is 0.00864. The Bertz CT molecular complexity index is 1680. The van der Waals surface area contributed by atoms with Gasteiger partial charge in [-0.3, -0.25) is 4.79 Å². The predicted molar refractivity (Wildman–Crippen MR) is 154 cm³/mol. The molecule has 2 aliphatic rings. The number of aromatic nitrogens is 2. The van der Waals surface area contributed by atoms with Gasteiger partial charge in [-0.25, -0.2) is 18.7 Å². The van der Waals surface area contributed by atoms with Crippen molar-refractivity contribution in [2.24, 2.45) is 5.92 Å². The van der Waals surface area contributed by atoms with Crippen LogP contribution in [-0.4, -0.2) is 39.7 Å². The van der Waals surface area contributed by atoms with Gasteiger partial charge < -0.3 is 20.3 Å². The van der Waals surface area contributed by atoms with Crippen LogP contribution in [0.5, 0.6) is 5.75 Å². The SMILES string of the molecule is COc1cc(C(=O)NCC(O)(c2cc(C(C)(C)O)c(F)c(-c3ccc(F)cc3)n2)C2CC2)cc2ccc(C3CC3)nc12. The Balaban J connectivity index is 1.34. The molecule has 1 unspecified atom stereocenters. The van der Waals surface area contributed by atoms with E-state index in [4.69, 9.17) is 9.72 Å². The molecule has 9 heteroatoms. The van der Waals surface area contributed by atoms with Crippen LogP contribution >= 0.6 is 0 Å². The molecule has 2 fully saturated rings. The lowest BCUT2D eigenvalue weighted by Gasteiger charge is -2.31. The number of fused-ring (bicyclic) bond motifs is 1. The van der Waals surface area contributed by atoms with Gasteiger partial charge in [0, 0.05) is 33.7 Å². The molecule has 2 aromatic heterocycles. The largest absolute Gasteiger partial charge is 0.494 e. The normalized spacial score (nSPS) is 16.7. The molecule has 0 aliphatic heterocycles. The Morgan fingerprint density at radius 3 is 2.33 bits per heavy atom. The minimum Gasteiger partial charge on any atom is -0.494 e. The summed E-state index contributed by atoms with van der Waals surface area (Å²) in [6.07, 6.45) is 3.62. The van der Waals surface area contributed by atoms with Gasteiger partial charge in [0.05, 0.1) is 24.9 Å². The Hall–Kier alpha value is -3.95. The molecule has 0 bridgehead atoms. The third-order valence-electron chi connectivity index (χ3n) is 8.21. The molecule has 4 aromatic rings. The van der Waals surface area contributed by atoms with Gasteiger partial charge in [0.25, 0.3) is 5.91 Å². The monoisotopic (exact) mass is 573 g/mol. The zero-order valence-electron chi connectivity index (χ0n) is 23.7. The molecule has 0 saturated heterocycles. The topological polar surface area (TPSA) is 105 Å². The Morgan fingerprint density at radius 1 is 1.00 bits per heavy atom. The number of ether oxygens (including phenoxy) is 1. The molecular weight excluding hydrogens is 540 g/mol. The van der Waals surface area contributed by atoms with Crippen LogP contribution in [0.25, 0.3) is 22.2 Å². The molecular formula is C33H33F2N3O4. The Morgan fingerprint density at radius 2 is 1.71 bits per heavy atom. The summed E-state index contributed by atoms with van der Waals surface area (Å²) in [5.41, 5.74) is -0.947. The highest BCUT2D eigenvalue weighted by atomic mass is 19.1. The van der Waals surface area contributed by atoms with Crippen molar-refractivity contribution in [1.82, 2.24) is 15.3 Å². The third kappa shape index (κ3) is 5.34. The summed E-state index contributed by atoms with van der Waals surface area (Å²) in [5, 5.41) is 26.4. The zero-order valence-corrected chi connectivity index (χ0v) is 23.7. The molecule has 2 aliphatic carbocycles. The average Bonchev–Trinajstić information content (AvgIpc) is 3.88. The summed E-state index contributed by atoms with van der Waals surface area (Å²) in [5.74, 6) is -0.951. The first kappa shape index (κ1) is 28.2. The van der Waals surface area contributed by atoms with Crippen LogP contribution in [0.4, 0.5) is 8.78 Å². The second-order valence-electron chi connectivity index (χ2n) is 11.9. The molecule has 3 N–H and O–H groups in total. The van der Waals surface area contributed by atoms with E-state index in [1.54, 1.807) is 12.1 Å². The second-order valence-corrected chi connectivity index (χ2v) is 11.9. The summed E-state index contributed by atoms with van der Waals surface area (Å²) in [7, 11) is 1.53. The summed E-state index contributed by atoms with van der Waals surface area (Å²) in [6.45, 7) is 2.69. The first-order valence-corrected chi connectivity index (χ1v) is 14.2. The maximum Gasteiger partial charge on any atom is 0.251 e. The molecule has 6 rings (SSSR count). The van der Waals surface area contributed by atoms with Crippen molar-refractivity contribution < 1.29 is 28.5 Å². The number of benzene rings is 2. The molecule has 0 radical (unpaired) electrons. The van der Waals surface area contributed by atoms with Crippen molar-refractivity contribution in [2.45, 2.75) is 56.7 Å². The van der Waals surface area contributed by atoms with Gasteiger partial charge >= 0.3 is 0 Å². The van der Waals surface area contributed by atoms with Crippen LogP contribution in [-0.2, 0) is 11.2 Å². The first-order chi connectivity index (χ1) is 20.0. The molecule has 2 saturated carbocycles. The molecule has 0 spiro atoms. The summed E-state index contributed by atoms with van der Waals surface area (Å²) in [6, 6.07) is 13.8. The number of hydrogen-bond donors (Lipinski definition) is 3. The lowest BCUT2D eigenvalue weighted by atomic mass is 9.87. The number of halogens is 2. The molecule has 7 nitrogen and oxygen atoms in total. The van der Waals surface area contributed by atoms with Crippen molar-refractivity contribution in [3.05, 3.63) is 88.7 Å². The highest BCUT2D eigenvalue weighted by molar-refractivity contribution is 6.00. The van der Waals surface area contributed by atoms with Crippen molar-refractivity contribution >= 4 is 16.8 Å². The van der Waals surface area contributed by atoms with Crippen LogP contribution in [0.3, 0.4) is 0 Å². The molecule has 1 amide bonds. The number of methoxy groups -OCH3 is 1. The maximum absolute atomic E-state index is 15.7. The number of rotatable bonds is 9. The second kappa shape index (κ2) is 10.4. The van der Waals surface area contributed by atoms with Crippen LogP contribution < -0.4 is 10.1 Å². The minimum atomic E-state index is -1.64. The summed E-state index contributed by atoms with van der Waals surface area (Å²) >= 11 is 0. The Kier molecular flexibility index (Phi) is 6.98. The van der Waals surface area contributed by atoms with Gasteiger partial charge in [-0.05, 0) is 94.0 Å². The van der Waals surface area contributed by atoms with Crippen molar-refractivity contribution in [2.75, 3.05) is 13.7 Å². The zero-order chi connectivity index (χ0) is 29.8. The number of hydrogen-bond acceptors (Lipinski definition) is 6. The number of nitrogens with one attached hydrogen (secondary N) is 1. The minimum absolute atomic E-state index is 0.0606. The summed E-state index contributed by atoms with van der Waals surface area (Å²) in [4.78, 5) is 22.7. The fraction of sp³-hybridized carbons (Fsp3) is 0.364. The Labute approximate surface area is 242 Å². The van der Waals surface area contributed by atoms with E-state index in [0.717, 1.165) is 23.9 Å². The smallest absolute Gasteiger partial charge is 0.251 e. The number of carbonyl (C=O) groups is 1. The van der Waals surface area contributed by atoms with Crippen LogP contribution in [0.2, 0.25) is 0 Å². The van der Waals surface area contributed by atoms with Crippen LogP contribution in [0, 0.1) is 17.6 Å². The van der Waals surface area contributed by atoms with E-state index in [9.17, 15) is 19.4 Å². The fourth-order valence-corrected chi connectivity index (χ4v) is 5.43. The maximum atomic E-state index is 15.7. The summed E-state index contributed by atoms with van der Waals surface area (Å²) < 4.78 is 34.8. The average molecular weight is 574 g/mol. The molecule has 2 heterocycles. The number of carbonyl (C=O) groups excluding carboxylic acids is 1. The molecule has 1 atom stereocenters. The standard InChI is InChI=1S/C33H33F2N3O4/c1-32(2,40)24-16-27(38-30(28(24)35)19-6-11-23(34)12-7-19)33(41,22-9-10-22)17-36-31(39)21-14-20-8-13-25(18-4-5-18)37-29(20)26(15-21)42-3/h6-8,11-16,18,22,40-41H,4-5,9-10,17H2,1-3H3,(H,36,39). The molecule has 42 heavy (non-hydrogen) atoms. The van der Waals surface area contributed by atoms with E-state index in [-0.39, 0.29) is 29.4 Å². The van der Waals surface area contributed by atoms with E-state index in [1.165, 1.54) is 51.3 Å². The van der Waals surface area contributed by atoms with Crippen molar-refractivity contribution in [3.8, 4) is 17.0 Å². The number of aliphatic hydroxyl groups is 2. The quantitative estimate of drug-likeness (QED) is 0.237. The van der Waals surface area contributed by atoms with Gasteiger partial charge in [-0.15, -0.1) is 0 Å². The third-order valence-corrected chi connectivity index (χ3v) is 8.21. The van der Waals surface area contributed by atoms with E-state index >= 15 is 4.39 Å². The van der Waals surface area contributed by atoms with Crippen LogP contribution in [0.15, 0.2) is 54.6 Å². The molecule has 218 valence electrons. The van der Waals surface area contributed by atoms with Gasteiger partial charge in [-0.1, -0.05) is 6.07 Å². The van der Waals surface area contributed by atoms with E-state index in [0.29, 0.717) is 41.2 Å². The van der Waals surface area contributed by atoms with Crippen molar-refractivity contribution in [1.29, 1.82) is 0 Å². The van der Waals surface area contributed by atoms with E-state index in [1.807, 2.05) is 12.1 Å². The van der Waals surface area contributed by atoms with Crippen LogP contribution in [0.1, 0.15) is 72.8 Å². The van der Waals surface area contributed by atoms with Gasteiger partial charge in [0.2, 0.25) is 0 Å².